The molecule has 0 fully saturated rings. The number of alkyl halides is 6. The summed E-state index contributed by atoms with van der Waals surface area (Å²) in [5.41, 5.74) is 12.3. The molecule has 0 radical (unpaired) electrons. The van der Waals surface area contributed by atoms with Gasteiger partial charge in [0.05, 0.1) is 21.1 Å². The van der Waals surface area contributed by atoms with E-state index in [1.165, 1.54) is 5.69 Å². The fourth-order valence-electron chi connectivity index (χ4n) is 4.10. The minimum absolute atomic E-state index is 0.0316. The number of hydrogen-bond donors (Lipinski definition) is 4. The lowest BCUT2D eigenvalue weighted by molar-refractivity contribution is -0.344. The van der Waals surface area contributed by atoms with Gasteiger partial charge in [0.1, 0.15) is 23.2 Å². The van der Waals surface area contributed by atoms with E-state index in [2.05, 4.69) is 68.9 Å². The number of carbonyl (C=O) groups excluding carboxylic acids is 2. The number of hydrogen-bond acceptors (Lipinski definition) is 5. The number of benzene rings is 3. The summed E-state index contributed by atoms with van der Waals surface area (Å²) in [7, 11) is 6.39. The summed E-state index contributed by atoms with van der Waals surface area (Å²) >= 11 is 0. The molecule has 1 aromatic heterocycles. The van der Waals surface area contributed by atoms with Crippen molar-refractivity contribution in [2.24, 2.45) is 5.73 Å². The Kier molecular flexibility index (Phi) is 12.5. The SMILES string of the molecule is Cc1ccc2c(c1)cc(C(=O)NCc1ccc([N+](C)(C)C)cc1)n2Cc1cccc(C(=N)N)c1.O=C(O)C(F)(F)F.O=C([O-])C(F)(F)F. The smallest absolute Gasteiger partial charge is 0.490 e. The van der Waals surface area contributed by atoms with Crippen molar-refractivity contribution in [1.82, 2.24) is 14.4 Å². The normalized spacial score (nSPS) is 11.5. The molecule has 0 spiro atoms. The van der Waals surface area contributed by atoms with Gasteiger partial charge >= 0.3 is 18.3 Å². The largest absolute Gasteiger partial charge is 0.542 e. The van der Waals surface area contributed by atoms with E-state index in [1.54, 1.807) is 0 Å². The number of carboxylic acids is 2. The molecule has 3 aromatic carbocycles. The van der Waals surface area contributed by atoms with Gasteiger partial charge in [-0.05, 0) is 54.4 Å². The van der Waals surface area contributed by atoms with Crippen LogP contribution in [0.15, 0.2) is 72.8 Å². The summed E-state index contributed by atoms with van der Waals surface area (Å²) in [6.45, 7) is 3.01. The molecule has 4 rings (SSSR count). The molecule has 0 saturated heterocycles. The highest BCUT2D eigenvalue weighted by molar-refractivity contribution is 5.99. The number of nitrogens with one attached hydrogen (secondary N) is 2. The maximum atomic E-state index is 13.3. The number of fused-ring (bicyclic) bond motifs is 1. The average Bonchev–Trinajstić information content (AvgIpc) is 3.32. The molecular weight excluding hydrogens is 648 g/mol. The molecule has 48 heavy (non-hydrogen) atoms. The van der Waals surface area contributed by atoms with Crippen molar-refractivity contribution in [2.75, 3.05) is 21.1 Å². The summed E-state index contributed by atoms with van der Waals surface area (Å²) < 4.78 is 66.1. The van der Waals surface area contributed by atoms with Crippen molar-refractivity contribution >= 4 is 40.3 Å². The lowest BCUT2D eigenvalue weighted by Crippen LogP contribution is -2.37. The summed E-state index contributed by atoms with van der Waals surface area (Å²) in [6, 6.07) is 24.1. The highest BCUT2D eigenvalue weighted by Gasteiger charge is 2.38. The quantitative estimate of drug-likeness (QED) is 0.0983. The van der Waals surface area contributed by atoms with Gasteiger partial charge in [-0.3, -0.25) is 14.7 Å². The number of quaternary nitrogens is 1. The van der Waals surface area contributed by atoms with Crippen LogP contribution in [0.3, 0.4) is 0 Å². The number of amides is 1. The molecule has 0 aliphatic rings. The van der Waals surface area contributed by atoms with Crippen LogP contribution in [0.4, 0.5) is 32.0 Å². The third-order valence-corrected chi connectivity index (χ3v) is 6.51. The maximum Gasteiger partial charge on any atom is 0.490 e. The number of carbonyl (C=O) groups is 3. The number of aromatic nitrogens is 1. The summed E-state index contributed by atoms with van der Waals surface area (Å²) in [5.74, 6) is -5.85. The molecule has 0 aliphatic carbocycles. The van der Waals surface area contributed by atoms with Gasteiger partial charge in [-0.1, -0.05) is 42.0 Å². The van der Waals surface area contributed by atoms with E-state index >= 15 is 0 Å². The average molecular weight is 682 g/mol. The van der Waals surface area contributed by atoms with Gasteiger partial charge < -0.3 is 30.6 Å². The van der Waals surface area contributed by atoms with E-state index in [9.17, 15) is 31.1 Å². The monoisotopic (exact) mass is 681 g/mol. The van der Waals surface area contributed by atoms with Gasteiger partial charge in [-0.25, -0.2) is 4.79 Å². The molecule has 0 saturated carbocycles. The third kappa shape index (κ3) is 11.5. The van der Waals surface area contributed by atoms with Crippen LogP contribution in [0.25, 0.3) is 10.9 Å². The molecule has 0 atom stereocenters. The highest BCUT2D eigenvalue weighted by atomic mass is 19.4. The predicted molar refractivity (Wildman–Crippen MR) is 165 cm³/mol. The molecule has 1 amide bonds. The van der Waals surface area contributed by atoms with Gasteiger partial charge in [-0.2, -0.15) is 26.3 Å². The number of rotatable bonds is 7. The van der Waals surface area contributed by atoms with Crippen LogP contribution < -0.4 is 20.6 Å². The fourth-order valence-corrected chi connectivity index (χ4v) is 4.10. The van der Waals surface area contributed by atoms with Crippen molar-refractivity contribution in [3.05, 3.63) is 101 Å². The second kappa shape index (κ2) is 15.5. The first kappa shape index (κ1) is 38.8. The Bertz CT molecular complexity index is 1750. The van der Waals surface area contributed by atoms with E-state index in [0.717, 1.165) is 32.1 Å². The Morgan fingerprint density at radius 3 is 1.94 bits per heavy atom. The van der Waals surface area contributed by atoms with Crippen LogP contribution in [0.5, 0.6) is 0 Å². The first-order valence-corrected chi connectivity index (χ1v) is 13.8. The molecular formula is C32H33F6N5O5. The van der Waals surface area contributed by atoms with Crippen molar-refractivity contribution in [2.45, 2.75) is 32.4 Å². The number of nitrogens with two attached hydrogens (primary N) is 1. The number of amidine groups is 1. The third-order valence-electron chi connectivity index (χ3n) is 6.51. The zero-order valence-corrected chi connectivity index (χ0v) is 26.2. The lowest BCUT2D eigenvalue weighted by Gasteiger charge is -2.23. The van der Waals surface area contributed by atoms with E-state index in [0.29, 0.717) is 24.3 Å². The molecule has 5 N–H and O–H groups in total. The molecule has 10 nitrogen and oxygen atoms in total. The Hall–Kier alpha value is -5.38. The van der Waals surface area contributed by atoms with Crippen LogP contribution in [0.1, 0.15) is 32.7 Å². The van der Waals surface area contributed by atoms with Crippen LogP contribution in [-0.2, 0) is 22.7 Å². The minimum Gasteiger partial charge on any atom is -0.542 e. The van der Waals surface area contributed by atoms with Gasteiger partial charge in [0.2, 0.25) is 0 Å². The zero-order chi connectivity index (χ0) is 36.6. The van der Waals surface area contributed by atoms with Crippen LogP contribution >= 0.6 is 0 Å². The molecule has 258 valence electrons. The predicted octanol–water partition coefficient (Wildman–Crippen LogP) is 4.34. The number of nitrogen functional groups attached to an aromatic ring is 1. The highest BCUT2D eigenvalue weighted by Crippen LogP contribution is 2.24. The molecule has 0 unspecified atom stereocenters. The van der Waals surface area contributed by atoms with E-state index in [4.69, 9.17) is 30.9 Å². The van der Waals surface area contributed by atoms with E-state index < -0.39 is 24.3 Å². The van der Waals surface area contributed by atoms with E-state index in [1.807, 2.05) is 41.8 Å². The van der Waals surface area contributed by atoms with Crippen LogP contribution in [0.2, 0.25) is 0 Å². The maximum absolute atomic E-state index is 13.3. The zero-order valence-electron chi connectivity index (χ0n) is 26.2. The Labute approximate surface area is 271 Å². The first-order valence-electron chi connectivity index (χ1n) is 13.8. The topological polar surface area (TPSA) is 161 Å². The molecule has 16 heteroatoms. The Morgan fingerprint density at radius 2 is 1.46 bits per heavy atom. The Balaban J connectivity index is 0.000000479. The second-order valence-electron chi connectivity index (χ2n) is 11.2. The van der Waals surface area contributed by atoms with Crippen molar-refractivity contribution in [1.29, 1.82) is 5.41 Å². The second-order valence-corrected chi connectivity index (χ2v) is 11.2. The fraction of sp³-hybridized carbons (Fsp3) is 0.250. The standard InChI is InChI=1S/C28H31N5O.2C2HF3O2/c1-19-8-13-25-23(14-19)16-26(32(25)18-21-6-5-7-22(15-21)27(29)30)28(34)31-17-20-9-11-24(12-10-20)33(2,3)4;2*3-2(4,5)1(6)7/h5-16H,17-18H2,1-4H3,(H3-,29,30,31,34);2*(H,6,7). The van der Waals surface area contributed by atoms with Crippen LogP contribution in [-0.4, -0.2) is 66.9 Å². The number of halogens is 6. The van der Waals surface area contributed by atoms with Crippen molar-refractivity contribution in [3.63, 3.8) is 0 Å². The molecule has 0 aliphatic heterocycles. The lowest BCUT2D eigenvalue weighted by atomic mass is 10.1. The van der Waals surface area contributed by atoms with Crippen molar-refractivity contribution in [3.8, 4) is 0 Å². The van der Waals surface area contributed by atoms with E-state index in [-0.39, 0.29) is 11.7 Å². The summed E-state index contributed by atoms with van der Waals surface area (Å²) in [6.07, 6.45) is -10.3. The van der Waals surface area contributed by atoms with Crippen molar-refractivity contribution < 1.29 is 50.9 Å². The number of carboxylic acid groups (broad SMARTS) is 2. The number of aliphatic carboxylic acids is 2. The van der Waals surface area contributed by atoms with Crippen LogP contribution in [0, 0.1) is 12.3 Å². The summed E-state index contributed by atoms with van der Waals surface area (Å²) in [5, 5.41) is 27.8. The molecule has 4 aromatic rings. The minimum atomic E-state index is -5.19. The summed E-state index contributed by atoms with van der Waals surface area (Å²) in [4.78, 5) is 31.0. The first-order chi connectivity index (χ1) is 22.0. The van der Waals surface area contributed by atoms with Gasteiger partial charge in [0, 0.05) is 29.6 Å². The Morgan fingerprint density at radius 1 is 0.896 bits per heavy atom. The number of aryl methyl sites for hydroxylation is 1. The number of nitrogens with zero attached hydrogens (tertiary/aromatic N) is 2. The molecule has 1 heterocycles. The molecule has 0 bridgehead atoms. The van der Waals surface area contributed by atoms with Gasteiger partial charge in [0.25, 0.3) is 5.91 Å². The van der Waals surface area contributed by atoms with Gasteiger partial charge in [-0.15, -0.1) is 0 Å². The van der Waals surface area contributed by atoms with Gasteiger partial charge in [0.15, 0.2) is 0 Å².